The third kappa shape index (κ3) is 3.13. The van der Waals surface area contributed by atoms with Crippen molar-refractivity contribution in [2.24, 2.45) is 11.1 Å². The molecule has 1 aromatic rings. The quantitative estimate of drug-likeness (QED) is 0.908. The molecule has 1 aliphatic rings. The monoisotopic (exact) mass is 296 g/mol. The molecule has 4 heteroatoms. The fourth-order valence-electron chi connectivity index (χ4n) is 2.39. The lowest BCUT2D eigenvalue weighted by molar-refractivity contribution is -0.122. The van der Waals surface area contributed by atoms with E-state index in [1.54, 1.807) is 12.4 Å². The first kappa shape index (κ1) is 12.7. The predicted molar refractivity (Wildman–Crippen MR) is 70.6 cm³/mol. The van der Waals surface area contributed by atoms with Gasteiger partial charge in [0.25, 0.3) is 0 Å². The summed E-state index contributed by atoms with van der Waals surface area (Å²) in [5.41, 5.74) is 6.84. The van der Waals surface area contributed by atoms with E-state index in [1.165, 1.54) is 6.42 Å². The predicted octanol–water partition coefficient (Wildman–Crippen LogP) is 2.47. The number of aromatic nitrogens is 1. The zero-order valence-electron chi connectivity index (χ0n) is 9.79. The van der Waals surface area contributed by atoms with Gasteiger partial charge in [-0.3, -0.25) is 9.78 Å². The molecule has 0 unspecified atom stereocenters. The maximum Gasteiger partial charge on any atom is 0.137 e. The number of ketones is 1. The summed E-state index contributed by atoms with van der Waals surface area (Å²) in [5.74, 6) is 0.273. The fourth-order valence-corrected chi connectivity index (χ4v) is 2.80. The second-order valence-corrected chi connectivity index (χ2v) is 5.88. The lowest BCUT2D eigenvalue weighted by Gasteiger charge is -2.40. The highest BCUT2D eigenvalue weighted by molar-refractivity contribution is 9.10. The van der Waals surface area contributed by atoms with Crippen molar-refractivity contribution in [3.63, 3.8) is 0 Å². The van der Waals surface area contributed by atoms with Crippen LogP contribution in [0.1, 0.15) is 31.2 Å². The van der Waals surface area contributed by atoms with Crippen LogP contribution in [0.15, 0.2) is 22.9 Å². The summed E-state index contributed by atoms with van der Waals surface area (Å²) in [5, 5.41) is 0. The third-order valence-corrected chi connectivity index (χ3v) is 4.02. The number of rotatable bonds is 5. The summed E-state index contributed by atoms with van der Waals surface area (Å²) in [6, 6.07) is 1.95. The van der Waals surface area contributed by atoms with Crippen LogP contribution < -0.4 is 5.73 Å². The number of hydrogen-bond donors (Lipinski definition) is 1. The Kier molecular flexibility index (Phi) is 3.94. The van der Waals surface area contributed by atoms with E-state index in [4.69, 9.17) is 5.73 Å². The van der Waals surface area contributed by atoms with E-state index in [1.807, 2.05) is 6.07 Å². The topological polar surface area (TPSA) is 56.0 Å². The Labute approximate surface area is 110 Å². The molecule has 0 atom stereocenters. The molecule has 17 heavy (non-hydrogen) atoms. The van der Waals surface area contributed by atoms with E-state index in [-0.39, 0.29) is 11.2 Å². The summed E-state index contributed by atoms with van der Waals surface area (Å²) < 4.78 is 0.917. The second-order valence-electron chi connectivity index (χ2n) is 4.96. The van der Waals surface area contributed by atoms with Crippen molar-refractivity contribution in [3.05, 3.63) is 28.5 Å². The summed E-state index contributed by atoms with van der Waals surface area (Å²) in [6.45, 7) is 0.634. The van der Waals surface area contributed by atoms with Gasteiger partial charge in [-0.1, -0.05) is 6.42 Å². The van der Waals surface area contributed by atoms with Gasteiger partial charge < -0.3 is 5.73 Å². The molecule has 2 N–H and O–H groups in total. The number of halogens is 1. The fraction of sp³-hybridized carbons (Fsp3) is 0.538. The number of carbonyl (C=O) groups is 1. The molecular weight excluding hydrogens is 280 g/mol. The van der Waals surface area contributed by atoms with Crippen LogP contribution in [0.5, 0.6) is 0 Å². The van der Waals surface area contributed by atoms with Crippen molar-refractivity contribution in [1.29, 1.82) is 0 Å². The van der Waals surface area contributed by atoms with Gasteiger partial charge in [-0.15, -0.1) is 0 Å². The molecule has 0 aromatic carbocycles. The van der Waals surface area contributed by atoms with E-state index in [0.717, 1.165) is 22.9 Å². The molecule has 0 aliphatic heterocycles. The average Bonchev–Trinajstić information content (AvgIpc) is 2.23. The van der Waals surface area contributed by atoms with E-state index in [9.17, 15) is 4.79 Å². The maximum absolute atomic E-state index is 12.0. The minimum atomic E-state index is 0.108. The molecule has 92 valence electrons. The Bertz CT molecular complexity index is 410. The Morgan fingerprint density at radius 2 is 2.24 bits per heavy atom. The summed E-state index contributed by atoms with van der Waals surface area (Å²) >= 11 is 3.36. The zero-order chi connectivity index (χ0) is 12.3. The number of Topliss-reactive ketones (excluding diaryl/α,β-unsaturated/α-hetero) is 1. The Morgan fingerprint density at radius 3 is 2.76 bits per heavy atom. The summed E-state index contributed by atoms with van der Waals surface area (Å²) in [7, 11) is 0. The van der Waals surface area contributed by atoms with Crippen molar-refractivity contribution >= 4 is 21.7 Å². The SMILES string of the molecule is NCC1(CC(=O)Cc2cncc(Br)c2)CCC1. The summed E-state index contributed by atoms with van der Waals surface area (Å²) in [4.78, 5) is 16.1. The van der Waals surface area contributed by atoms with Gasteiger partial charge in [-0.05, 0) is 52.4 Å². The van der Waals surface area contributed by atoms with Crippen LogP contribution >= 0.6 is 15.9 Å². The maximum atomic E-state index is 12.0. The molecule has 2 rings (SSSR count). The number of carbonyl (C=O) groups excluding carboxylic acids is 1. The number of nitrogens with two attached hydrogens (primary N) is 1. The Hall–Kier alpha value is -0.740. The average molecular weight is 297 g/mol. The lowest BCUT2D eigenvalue weighted by atomic mass is 9.65. The molecule has 0 radical (unpaired) electrons. The number of pyridine rings is 1. The zero-order valence-corrected chi connectivity index (χ0v) is 11.4. The molecule has 0 bridgehead atoms. The molecule has 1 aliphatic carbocycles. The van der Waals surface area contributed by atoms with Gasteiger partial charge in [0.15, 0.2) is 0 Å². The molecular formula is C13H17BrN2O. The first-order chi connectivity index (χ1) is 8.13. The molecule has 0 spiro atoms. The first-order valence-electron chi connectivity index (χ1n) is 5.95. The van der Waals surface area contributed by atoms with Crippen LogP contribution in [0.3, 0.4) is 0 Å². The largest absolute Gasteiger partial charge is 0.330 e. The van der Waals surface area contributed by atoms with Crippen molar-refractivity contribution < 1.29 is 4.79 Å². The van der Waals surface area contributed by atoms with Gasteiger partial charge in [-0.25, -0.2) is 0 Å². The Balaban J connectivity index is 1.93. The van der Waals surface area contributed by atoms with Crippen molar-refractivity contribution in [2.45, 2.75) is 32.1 Å². The molecule has 0 amide bonds. The van der Waals surface area contributed by atoms with Crippen LogP contribution in [0.2, 0.25) is 0 Å². The van der Waals surface area contributed by atoms with Crippen LogP contribution in [0.4, 0.5) is 0 Å². The highest BCUT2D eigenvalue weighted by Crippen LogP contribution is 2.43. The standard InChI is InChI=1S/C13H17BrN2O/c14-11-4-10(7-16-8-11)5-12(17)6-13(9-15)2-1-3-13/h4,7-8H,1-3,5-6,9,15H2. The summed E-state index contributed by atoms with van der Waals surface area (Å²) in [6.07, 6.45) is 7.98. The molecule has 0 saturated heterocycles. The minimum Gasteiger partial charge on any atom is -0.330 e. The number of hydrogen-bond acceptors (Lipinski definition) is 3. The van der Waals surface area contributed by atoms with Crippen molar-refractivity contribution in [1.82, 2.24) is 4.98 Å². The van der Waals surface area contributed by atoms with Gasteiger partial charge in [-0.2, -0.15) is 0 Å². The highest BCUT2D eigenvalue weighted by atomic mass is 79.9. The smallest absolute Gasteiger partial charge is 0.137 e. The van der Waals surface area contributed by atoms with Crippen LogP contribution in [-0.2, 0) is 11.2 Å². The molecule has 1 fully saturated rings. The van der Waals surface area contributed by atoms with Gasteiger partial charge in [0.1, 0.15) is 5.78 Å². The van der Waals surface area contributed by atoms with Crippen LogP contribution in [0, 0.1) is 5.41 Å². The van der Waals surface area contributed by atoms with Gasteiger partial charge in [0, 0.05) is 29.7 Å². The van der Waals surface area contributed by atoms with Crippen LogP contribution in [-0.4, -0.2) is 17.3 Å². The van der Waals surface area contributed by atoms with E-state index in [0.29, 0.717) is 19.4 Å². The molecule has 1 heterocycles. The lowest BCUT2D eigenvalue weighted by Crippen LogP contribution is -2.39. The van der Waals surface area contributed by atoms with Gasteiger partial charge in [0.2, 0.25) is 0 Å². The highest BCUT2D eigenvalue weighted by Gasteiger charge is 2.37. The second kappa shape index (κ2) is 5.27. The van der Waals surface area contributed by atoms with E-state index < -0.39 is 0 Å². The van der Waals surface area contributed by atoms with Gasteiger partial charge in [0.05, 0.1) is 0 Å². The van der Waals surface area contributed by atoms with Crippen LogP contribution in [0.25, 0.3) is 0 Å². The first-order valence-corrected chi connectivity index (χ1v) is 6.74. The minimum absolute atomic E-state index is 0.108. The van der Waals surface area contributed by atoms with Gasteiger partial charge >= 0.3 is 0 Å². The normalized spacial score (nSPS) is 17.5. The molecule has 1 aromatic heterocycles. The Morgan fingerprint density at radius 1 is 1.47 bits per heavy atom. The van der Waals surface area contributed by atoms with E-state index >= 15 is 0 Å². The molecule has 3 nitrogen and oxygen atoms in total. The number of nitrogens with zero attached hydrogens (tertiary/aromatic N) is 1. The van der Waals surface area contributed by atoms with Crippen molar-refractivity contribution in [3.8, 4) is 0 Å². The van der Waals surface area contributed by atoms with Crippen molar-refractivity contribution in [2.75, 3.05) is 6.54 Å². The molecule has 1 saturated carbocycles. The third-order valence-electron chi connectivity index (χ3n) is 3.58. The van der Waals surface area contributed by atoms with E-state index in [2.05, 4.69) is 20.9 Å².